The lowest BCUT2D eigenvalue weighted by Gasteiger charge is -2.31. The van der Waals surface area contributed by atoms with E-state index in [-0.39, 0.29) is 0 Å². The first kappa shape index (κ1) is 16.0. The summed E-state index contributed by atoms with van der Waals surface area (Å²) >= 11 is 0. The van der Waals surface area contributed by atoms with Gasteiger partial charge in [-0.2, -0.15) is 0 Å². The van der Waals surface area contributed by atoms with Crippen LogP contribution in [0.25, 0.3) is 0 Å². The molecule has 0 aliphatic rings. The van der Waals surface area contributed by atoms with Crippen LogP contribution >= 0.6 is 0 Å². The Bertz CT molecular complexity index is 176. The monoisotopic (exact) mass is 227 g/mol. The second-order valence-electron chi connectivity index (χ2n) is 6.22. The molecule has 0 aliphatic heterocycles. The zero-order chi connectivity index (χ0) is 12.9. The standard InChI is InChI=1S/C15H33N/c1-8-11(4)12(5)9-15(16)14(7)13(6)10(2)3/h10-15H,8-9,16H2,1-7H3. The van der Waals surface area contributed by atoms with Crippen molar-refractivity contribution >= 4 is 0 Å². The van der Waals surface area contributed by atoms with Crippen LogP contribution in [0.2, 0.25) is 0 Å². The van der Waals surface area contributed by atoms with Gasteiger partial charge in [-0.3, -0.25) is 0 Å². The predicted octanol–water partition coefficient (Wildman–Crippen LogP) is 4.31. The van der Waals surface area contributed by atoms with E-state index in [4.69, 9.17) is 5.73 Å². The number of rotatable bonds is 7. The molecule has 98 valence electrons. The molecule has 1 heteroatoms. The van der Waals surface area contributed by atoms with Gasteiger partial charge >= 0.3 is 0 Å². The molecule has 0 fully saturated rings. The van der Waals surface area contributed by atoms with Gasteiger partial charge in [0.15, 0.2) is 0 Å². The molecule has 0 aromatic carbocycles. The molecule has 0 radical (unpaired) electrons. The Kier molecular flexibility index (Phi) is 7.30. The summed E-state index contributed by atoms with van der Waals surface area (Å²) in [7, 11) is 0. The zero-order valence-electron chi connectivity index (χ0n) is 12.5. The highest BCUT2D eigenvalue weighted by atomic mass is 14.7. The first-order valence-electron chi connectivity index (χ1n) is 7.06. The van der Waals surface area contributed by atoms with Gasteiger partial charge in [-0.25, -0.2) is 0 Å². The topological polar surface area (TPSA) is 26.0 Å². The Hall–Kier alpha value is -0.0400. The lowest BCUT2D eigenvalue weighted by atomic mass is 9.77. The van der Waals surface area contributed by atoms with Crippen LogP contribution in [0.1, 0.15) is 61.3 Å². The Morgan fingerprint density at radius 3 is 1.69 bits per heavy atom. The molecule has 2 N–H and O–H groups in total. The van der Waals surface area contributed by atoms with Crippen molar-refractivity contribution in [1.82, 2.24) is 0 Å². The van der Waals surface area contributed by atoms with Gasteiger partial charge in [0.05, 0.1) is 0 Å². The van der Waals surface area contributed by atoms with E-state index in [2.05, 4.69) is 48.5 Å². The van der Waals surface area contributed by atoms with Crippen LogP contribution in [0.5, 0.6) is 0 Å². The molecular formula is C15H33N. The van der Waals surface area contributed by atoms with Crippen LogP contribution in [0.4, 0.5) is 0 Å². The van der Waals surface area contributed by atoms with Gasteiger partial charge in [0.1, 0.15) is 0 Å². The second kappa shape index (κ2) is 7.32. The fourth-order valence-electron chi connectivity index (χ4n) is 2.28. The van der Waals surface area contributed by atoms with Crippen LogP contribution < -0.4 is 5.73 Å². The third kappa shape index (κ3) is 4.86. The Morgan fingerprint density at radius 1 is 0.812 bits per heavy atom. The van der Waals surface area contributed by atoms with Gasteiger partial charge in [0.2, 0.25) is 0 Å². The quantitative estimate of drug-likeness (QED) is 0.689. The normalized spacial score (nSPS) is 21.6. The van der Waals surface area contributed by atoms with Crippen LogP contribution in [0.3, 0.4) is 0 Å². The van der Waals surface area contributed by atoms with Gasteiger partial charge in [-0.15, -0.1) is 0 Å². The summed E-state index contributed by atoms with van der Waals surface area (Å²) in [5, 5.41) is 0. The molecule has 0 amide bonds. The average molecular weight is 227 g/mol. The summed E-state index contributed by atoms with van der Waals surface area (Å²) in [5.74, 6) is 3.64. The molecule has 0 spiro atoms. The minimum atomic E-state index is 0.362. The van der Waals surface area contributed by atoms with Crippen molar-refractivity contribution in [2.24, 2.45) is 35.3 Å². The predicted molar refractivity (Wildman–Crippen MR) is 74.4 cm³/mol. The molecule has 0 rings (SSSR count). The van der Waals surface area contributed by atoms with E-state index in [1.54, 1.807) is 0 Å². The van der Waals surface area contributed by atoms with E-state index < -0.39 is 0 Å². The van der Waals surface area contributed by atoms with Gasteiger partial charge in [-0.05, 0) is 36.0 Å². The van der Waals surface area contributed by atoms with Gasteiger partial charge in [-0.1, -0.05) is 54.9 Å². The zero-order valence-corrected chi connectivity index (χ0v) is 12.5. The molecule has 0 aliphatic carbocycles. The van der Waals surface area contributed by atoms with Crippen LogP contribution in [-0.2, 0) is 0 Å². The third-order valence-electron chi connectivity index (χ3n) is 4.82. The van der Waals surface area contributed by atoms with Crippen molar-refractivity contribution in [3.63, 3.8) is 0 Å². The Labute approximate surface area is 103 Å². The third-order valence-corrected chi connectivity index (χ3v) is 4.82. The molecule has 0 saturated heterocycles. The fraction of sp³-hybridized carbons (Fsp3) is 1.00. The Balaban J connectivity index is 4.19. The first-order valence-corrected chi connectivity index (χ1v) is 7.06. The molecule has 0 bridgehead atoms. The summed E-state index contributed by atoms with van der Waals surface area (Å²) in [6.45, 7) is 16.2. The molecular weight excluding hydrogens is 194 g/mol. The molecule has 5 atom stereocenters. The van der Waals surface area contributed by atoms with Crippen molar-refractivity contribution in [1.29, 1.82) is 0 Å². The molecule has 0 heterocycles. The van der Waals surface area contributed by atoms with E-state index in [1.165, 1.54) is 12.8 Å². The van der Waals surface area contributed by atoms with Crippen LogP contribution in [0.15, 0.2) is 0 Å². The van der Waals surface area contributed by atoms with E-state index >= 15 is 0 Å². The fourth-order valence-corrected chi connectivity index (χ4v) is 2.28. The molecule has 0 aromatic rings. The summed E-state index contributed by atoms with van der Waals surface area (Å²) in [5.41, 5.74) is 6.35. The molecule has 0 aromatic heterocycles. The average Bonchev–Trinajstić information content (AvgIpc) is 2.25. The second-order valence-corrected chi connectivity index (χ2v) is 6.22. The van der Waals surface area contributed by atoms with E-state index in [1.807, 2.05) is 0 Å². The van der Waals surface area contributed by atoms with Crippen LogP contribution in [-0.4, -0.2) is 6.04 Å². The smallest absolute Gasteiger partial charge is 0.00698 e. The number of hydrogen-bond acceptors (Lipinski definition) is 1. The lowest BCUT2D eigenvalue weighted by Crippen LogP contribution is -2.36. The number of nitrogens with two attached hydrogens (primary N) is 1. The van der Waals surface area contributed by atoms with E-state index in [0.29, 0.717) is 12.0 Å². The lowest BCUT2D eigenvalue weighted by molar-refractivity contribution is 0.218. The van der Waals surface area contributed by atoms with Crippen molar-refractivity contribution < 1.29 is 0 Å². The van der Waals surface area contributed by atoms with Crippen molar-refractivity contribution in [2.75, 3.05) is 0 Å². The maximum atomic E-state index is 6.35. The molecule has 0 saturated carbocycles. The van der Waals surface area contributed by atoms with E-state index in [0.717, 1.165) is 23.7 Å². The number of hydrogen-bond donors (Lipinski definition) is 1. The summed E-state index contributed by atoms with van der Waals surface area (Å²) < 4.78 is 0. The minimum Gasteiger partial charge on any atom is -0.327 e. The summed E-state index contributed by atoms with van der Waals surface area (Å²) in [6.07, 6.45) is 2.44. The van der Waals surface area contributed by atoms with Gasteiger partial charge < -0.3 is 5.73 Å². The summed E-state index contributed by atoms with van der Waals surface area (Å²) in [4.78, 5) is 0. The van der Waals surface area contributed by atoms with Gasteiger partial charge in [0, 0.05) is 6.04 Å². The maximum Gasteiger partial charge on any atom is 0.00698 e. The van der Waals surface area contributed by atoms with Crippen molar-refractivity contribution in [2.45, 2.75) is 67.3 Å². The SMILES string of the molecule is CCC(C)C(C)CC(N)C(C)C(C)C(C)C. The van der Waals surface area contributed by atoms with Crippen molar-refractivity contribution in [3.05, 3.63) is 0 Å². The first-order chi connectivity index (χ1) is 7.31. The Morgan fingerprint density at radius 2 is 1.31 bits per heavy atom. The maximum absolute atomic E-state index is 6.35. The largest absolute Gasteiger partial charge is 0.327 e. The van der Waals surface area contributed by atoms with E-state index in [9.17, 15) is 0 Å². The molecule has 1 nitrogen and oxygen atoms in total. The molecule has 16 heavy (non-hydrogen) atoms. The summed E-state index contributed by atoms with van der Waals surface area (Å²) in [6, 6.07) is 0.362. The highest BCUT2D eigenvalue weighted by Gasteiger charge is 2.24. The minimum absolute atomic E-state index is 0.362. The molecule has 5 unspecified atom stereocenters. The highest BCUT2D eigenvalue weighted by Crippen LogP contribution is 2.27. The van der Waals surface area contributed by atoms with Crippen LogP contribution in [0, 0.1) is 29.6 Å². The van der Waals surface area contributed by atoms with Gasteiger partial charge in [0.25, 0.3) is 0 Å². The van der Waals surface area contributed by atoms with Crippen molar-refractivity contribution in [3.8, 4) is 0 Å². The highest BCUT2D eigenvalue weighted by molar-refractivity contribution is 4.78.